The van der Waals surface area contributed by atoms with Crippen molar-refractivity contribution in [3.63, 3.8) is 0 Å². The van der Waals surface area contributed by atoms with E-state index in [-0.39, 0.29) is 23.4 Å². The van der Waals surface area contributed by atoms with Crippen LogP contribution in [0.5, 0.6) is 0 Å². The summed E-state index contributed by atoms with van der Waals surface area (Å²) in [5, 5.41) is 2.81. The molecular weight excluding hydrogens is 350 g/mol. The molecule has 0 saturated heterocycles. The molecule has 144 valence electrons. The maximum Gasteiger partial charge on any atom is 0.220 e. The second-order valence-corrected chi connectivity index (χ2v) is 7.16. The van der Waals surface area contributed by atoms with Gasteiger partial charge in [0.15, 0.2) is 5.78 Å². The zero-order valence-corrected chi connectivity index (χ0v) is 15.8. The van der Waals surface area contributed by atoms with E-state index in [4.69, 9.17) is 0 Å². The van der Waals surface area contributed by atoms with Crippen LogP contribution in [0.3, 0.4) is 0 Å². The fourth-order valence-electron chi connectivity index (χ4n) is 3.41. The molecule has 0 spiro atoms. The number of carbonyl (C=O) groups excluding carboxylic acids is 3. The third-order valence-corrected chi connectivity index (χ3v) is 5.06. The molecular formula is C24H25NO3. The van der Waals surface area contributed by atoms with Crippen molar-refractivity contribution in [1.82, 2.24) is 5.32 Å². The lowest BCUT2D eigenvalue weighted by atomic mass is 9.86. The maximum atomic E-state index is 12.5. The number of benzene rings is 2. The SMILES string of the molecule is O=C(CCc1ccccc1)NC1CC(C(=O)CCc2ccccc2)C=CC1=O. The van der Waals surface area contributed by atoms with E-state index in [1.165, 1.54) is 6.08 Å². The molecule has 0 bridgehead atoms. The molecule has 1 amide bonds. The van der Waals surface area contributed by atoms with Crippen LogP contribution in [0.2, 0.25) is 0 Å². The van der Waals surface area contributed by atoms with Gasteiger partial charge >= 0.3 is 0 Å². The highest BCUT2D eigenvalue weighted by Gasteiger charge is 2.29. The average Bonchev–Trinajstić information content (AvgIpc) is 2.73. The van der Waals surface area contributed by atoms with Crippen molar-refractivity contribution in [2.45, 2.75) is 38.1 Å². The number of nitrogens with one attached hydrogen (secondary N) is 1. The van der Waals surface area contributed by atoms with E-state index in [1.807, 2.05) is 60.7 Å². The lowest BCUT2D eigenvalue weighted by Gasteiger charge is -2.24. The van der Waals surface area contributed by atoms with Crippen LogP contribution in [0, 0.1) is 5.92 Å². The lowest BCUT2D eigenvalue weighted by Crippen LogP contribution is -2.44. The first kappa shape index (κ1) is 19.7. The minimum Gasteiger partial charge on any atom is -0.346 e. The summed E-state index contributed by atoms with van der Waals surface area (Å²) < 4.78 is 0. The van der Waals surface area contributed by atoms with E-state index < -0.39 is 6.04 Å². The summed E-state index contributed by atoms with van der Waals surface area (Å²) in [4.78, 5) is 36.9. The zero-order valence-electron chi connectivity index (χ0n) is 15.8. The van der Waals surface area contributed by atoms with Gasteiger partial charge in [-0.2, -0.15) is 0 Å². The summed E-state index contributed by atoms with van der Waals surface area (Å²) in [6, 6.07) is 19.0. The molecule has 2 aromatic rings. The summed E-state index contributed by atoms with van der Waals surface area (Å²) in [6.07, 6.45) is 5.54. The monoisotopic (exact) mass is 375 g/mol. The van der Waals surface area contributed by atoms with Crippen molar-refractivity contribution in [3.05, 3.63) is 83.9 Å². The van der Waals surface area contributed by atoms with Gasteiger partial charge in [-0.3, -0.25) is 14.4 Å². The standard InChI is InChI=1S/C24H25NO3/c26-22(14-11-18-7-3-1-4-8-18)20-13-15-23(27)21(17-20)25-24(28)16-12-19-9-5-2-6-10-19/h1-10,13,15,20-21H,11-12,14,16-17H2,(H,25,28). The number of rotatable bonds is 8. The van der Waals surface area contributed by atoms with E-state index >= 15 is 0 Å². The van der Waals surface area contributed by atoms with Crippen LogP contribution in [0.1, 0.15) is 30.4 Å². The number of hydrogen-bond acceptors (Lipinski definition) is 3. The first-order valence-electron chi connectivity index (χ1n) is 9.74. The molecule has 4 nitrogen and oxygen atoms in total. The Morgan fingerprint density at radius 2 is 1.43 bits per heavy atom. The minimum atomic E-state index is -0.612. The highest BCUT2D eigenvalue weighted by atomic mass is 16.2. The Bertz CT molecular complexity index is 843. The molecule has 0 heterocycles. The predicted molar refractivity (Wildman–Crippen MR) is 109 cm³/mol. The van der Waals surface area contributed by atoms with Crippen molar-refractivity contribution in [3.8, 4) is 0 Å². The van der Waals surface area contributed by atoms with E-state index in [1.54, 1.807) is 6.08 Å². The molecule has 0 fully saturated rings. The molecule has 28 heavy (non-hydrogen) atoms. The number of amides is 1. The van der Waals surface area contributed by atoms with E-state index in [2.05, 4.69) is 5.32 Å². The van der Waals surface area contributed by atoms with Crippen LogP contribution in [-0.2, 0) is 27.2 Å². The van der Waals surface area contributed by atoms with Crippen LogP contribution < -0.4 is 5.32 Å². The summed E-state index contributed by atoms with van der Waals surface area (Å²) in [7, 11) is 0. The maximum absolute atomic E-state index is 12.5. The Hall–Kier alpha value is -3.01. The largest absolute Gasteiger partial charge is 0.346 e. The highest BCUT2D eigenvalue weighted by Crippen LogP contribution is 2.19. The van der Waals surface area contributed by atoms with Gasteiger partial charge in [0.2, 0.25) is 5.91 Å². The Morgan fingerprint density at radius 1 is 0.857 bits per heavy atom. The molecule has 2 atom stereocenters. The van der Waals surface area contributed by atoms with Gasteiger partial charge in [-0.1, -0.05) is 66.7 Å². The topological polar surface area (TPSA) is 63.2 Å². The summed E-state index contributed by atoms with van der Waals surface area (Å²) in [5.74, 6) is -0.509. The molecule has 3 rings (SSSR count). The van der Waals surface area contributed by atoms with Gasteiger partial charge < -0.3 is 5.32 Å². The van der Waals surface area contributed by atoms with Crippen molar-refractivity contribution in [1.29, 1.82) is 0 Å². The fourth-order valence-corrected chi connectivity index (χ4v) is 3.41. The molecule has 0 radical (unpaired) electrons. The number of hydrogen-bond donors (Lipinski definition) is 1. The second kappa shape index (κ2) is 9.79. The van der Waals surface area contributed by atoms with Gasteiger partial charge in [-0.05, 0) is 36.5 Å². The van der Waals surface area contributed by atoms with Crippen molar-refractivity contribution in [2.24, 2.45) is 5.92 Å². The number of ketones is 2. The zero-order chi connectivity index (χ0) is 19.8. The quantitative estimate of drug-likeness (QED) is 0.769. The van der Waals surface area contributed by atoms with Crippen LogP contribution in [0.15, 0.2) is 72.8 Å². The van der Waals surface area contributed by atoms with Crippen LogP contribution >= 0.6 is 0 Å². The molecule has 2 aromatic carbocycles. The first-order valence-corrected chi connectivity index (χ1v) is 9.74. The molecule has 1 N–H and O–H groups in total. The first-order chi connectivity index (χ1) is 13.6. The molecule has 0 aromatic heterocycles. The second-order valence-electron chi connectivity index (χ2n) is 7.16. The molecule has 1 aliphatic carbocycles. The Morgan fingerprint density at radius 3 is 2.04 bits per heavy atom. The third-order valence-electron chi connectivity index (χ3n) is 5.06. The minimum absolute atomic E-state index is 0.108. The lowest BCUT2D eigenvalue weighted by molar-refractivity contribution is -0.128. The number of carbonyl (C=O) groups is 3. The Labute approximate surface area is 165 Å². The highest BCUT2D eigenvalue weighted by molar-refractivity contribution is 5.99. The number of Topliss-reactive ketones (excluding diaryl/α,β-unsaturated/α-hetero) is 1. The molecule has 1 aliphatic rings. The van der Waals surface area contributed by atoms with Crippen molar-refractivity contribution in [2.75, 3.05) is 0 Å². The van der Waals surface area contributed by atoms with E-state index in [0.717, 1.165) is 11.1 Å². The number of aryl methyl sites for hydroxylation is 2. The van der Waals surface area contributed by atoms with Gasteiger partial charge in [0.25, 0.3) is 0 Å². The third kappa shape index (κ3) is 5.74. The fraction of sp³-hybridized carbons (Fsp3) is 0.292. The summed E-state index contributed by atoms with van der Waals surface area (Å²) in [5.41, 5.74) is 2.21. The van der Waals surface area contributed by atoms with Crippen LogP contribution in [0.4, 0.5) is 0 Å². The van der Waals surface area contributed by atoms with Gasteiger partial charge in [0.05, 0.1) is 6.04 Å². The van der Waals surface area contributed by atoms with Crippen molar-refractivity contribution < 1.29 is 14.4 Å². The molecule has 0 aliphatic heterocycles. The predicted octanol–water partition coefficient (Wildman–Crippen LogP) is 3.45. The van der Waals surface area contributed by atoms with Gasteiger partial charge in [-0.15, -0.1) is 0 Å². The smallest absolute Gasteiger partial charge is 0.220 e. The van der Waals surface area contributed by atoms with E-state index in [9.17, 15) is 14.4 Å². The van der Waals surface area contributed by atoms with Gasteiger partial charge in [-0.25, -0.2) is 0 Å². The van der Waals surface area contributed by atoms with Crippen molar-refractivity contribution >= 4 is 17.5 Å². The molecule has 0 saturated carbocycles. The summed E-state index contributed by atoms with van der Waals surface area (Å²) in [6.45, 7) is 0. The normalized spacial score (nSPS) is 18.6. The van der Waals surface area contributed by atoms with Gasteiger partial charge in [0.1, 0.15) is 5.78 Å². The van der Waals surface area contributed by atoms with Crippen LogP contribution in [-0.4, -0.2) is 23.5 Å². The Balaban J connectivity index is 1.49. The van der Waals surface area contributed by atoms with Crippen LogP contribution in [0.25, 0.3) is 0 Å². The van der Waals surface area contributed by atoms with E-state index in [0.29, 0.717) is 32.1 Å². The average molecular weight is 375 g/mol. The number of allylic oxidation sites excluding steroid dienone is 1. The Kier molecular flexibility index (Phi) is 6.90. The summed E-state index contributed by atoms with van der Waals surface area (Å²) >= 11 is 0. The molecule has 2 unspecified atom stereocenters. The van der Waals surface area contributed by atoms with Gasteiger partial charge in [0, 0.05) is 18.8 Å². The molecule has 4 heteroatoms.